The molecule has 2 aromatic carbocycles. The van der Waals surface area contributed by atoms with Crippen molar-refractivity contribution in [2.45, 2.75) is 11.8 Å². The van der Waals surface area contributed by atoms with Gasteiger partial charge in [0.15, 0.2) is 0 Å². The van der Waals surface area contributed by atoms with Crippen molar-refractivity contribution in [2.24, 2.45) is 5.14 Å². The quantitative estimate of drug-likeness (QED) is 0.717. The Kier molecular flexibility index (Phi) is 5.23. The number of amides is 2. The normalized spacial score (nSPS) is 11.0. The molecule has 24 heavy (non-hydrogen) atoms. The summed E-state index contributed by atoms with van der Waals surface area (Å²) in [4.78, 5) is 23.7. The fourth-order valence-corrected chi connectivity index (χ4v) is 2.53. The Morgan fingerprint density at radius 3 is 2.17 bits per heavy atom. The molecule has 0 saturated carbocycles. The highest BCUT2D eigenvalue weighted by Gasteiger charge is 2.16. The van der Waals surface area contributed by atoms with E-state index >= 15 is 0 Å². The van der Waals surface area contributed by atoms with E-state index in [1.807, 2.05) is 0 Å². The molecule has 4 N–H and O–H groups in total. The lowest BCUT2D eigenvalue weighted by Crippen LogP contribution is -2.29. The van der Waals surface area contributed by atoms with Crippen molar-refractivity contribution in [3.05, 3.63) is 53.1 Å². The van der Waals surface area contributed by atoms with Gasteiger partial charge in [-0.15, -0.1) is 0 Å². The van der Waals surface area contributed by atoms with E-state index in [0.717, 1.165) is 0 Å². The van der Waals surface area contributed by atoms with Crippen molar-refractivity contribution in [1.29, 1.82) is 0 Å². The number of nitrogens with one attached hydrogen (secondary N) is 2. The zero-order valence-corrected chi connectivity index (χ0v) is 14.1. The average molecular weight is 368 g/mol. The molecule has 0 heterocycles. The summed E-state index contributed by atoms with van der Waals surface area (Å²) in [5, 5.41) is 10.3. The predicted octanol–water partition coefficient (Wildman–Crippen LogP) is 1.87. The minimum atomic E-state index is -3.82. The van der Waals surface area contributed by atoms with E-state index in [1.165, 1.54) is 24.3 Å². The Morgan fingerprint density at radius 2 is 1.58 bits per heavy atom. The molecule has 0 radical (unpaired) electrons. The van der Waals surface area contributed by atoms with E-state index in [9.17, 15) is 18.0 Å². The highest BCUT2D eigenvalue weighted by molar-refractivity contribution is 7.89. The van der Waals surface area contributed by atoms with E-state index in [2.05, 4.69) is 10.6 Å². The number of nitrogens with two attached hydrogens (primary N) is 1. The Morgan fingerprint density at radius 1 is 1.00 bits per heavy atom. The minimum absolute atomic E-state index is 0.0977. The zero-order valence-electron chi connectivity index (χ0n) is 12.5. The Labute approximate surface area is 143 Å². The van der Waals surface area contributed by atoms with Gasteiger partial charge in [0.1, 0.15) is 0 Å². The Bertz CT molecular complexity index is 895. The number of carbonyl (C=O) groups is 2. The summed E-state index contributed by atoms with van der Waals surface area (Å²) in [7, 11) is -3.82. The molecule has 7 nitrogen and oxygen atoms in total. The lowest BCUT2D eigenvalue weighted by atomic mass is 10.2. The highest BCUT2D eigenvalue weighted by Crippen LogP contribution is 2.22. The molecule has 126 valence electrons. The second kappa shape index (κ2) is 7.00. The molecule has 0 spiro atoms. The molecule has 0 atom stereocenters. The van der Waals surface area contributed by atoms with Crippen molar-refractivity contribution in [3.8, 4) is 0 Å². The van der Waals surface area contributed by atoms with Gasteiger partial charge in [-0.25, -0.2) is 13.6 Å². The van der Waals surface area contributed by atoms with Gasteiger partial charge in [-0.2, -0.15) is 0 Å². The Hall–Kier alpha value is -2.42. The van der Waals surface area contributed by atoms with Crippen LogP contribution in [0, 0.1) is 6.92 Å². The second-order valence-electron chi connectivity index (χ2n) is 4.89. The lowest BCUT2D eigenvalue weighted by Gasteiger charge is -2.10. The number of carbonyl (C=O) groups excluding carboxylic acids is 2. The van der Waals surface area contributed by atoms with Crippen LogP contribution in [0.5, 0.6) is 0 Å². The third-order valence-electron chi connectivity index (χ3n) is 3.16. The van der Waals surface area contributed by atoms with Crippen molar-refractivity contribution in [1.82, 2.24) is 0 Å². The maximum atomic E-state index is 11.9. The Balaban J connectivity index is 2.06. The minimum Gasteiger partial charge on any atom is -0.318 e. The summed E-state index contributed by atoms with van der Waals surface area (Å²) in [6.45, 7) is 1.71. The van der Waals surface area contributed by atoms with Crippen LogP contribution in [0.3, 0.4) is 0 Å². The van der Waals surface area contributed by atoms with Gasteiger partial charge in [0.25, 0.3) is 0 Å². The molecule has 0 aromatic heterocycles. The third-order valence-corrected chi connectivity index (χ3v) is 4.50. The molecule has 2 rings (SSSR count). The van der Waals surface area contributed by atoms with Crippen molar-refractivity contribution in [3.63, 3.8) is 0 Å². The summed E-state index contributed by atoms with van der Waals surface area (Å²) in [6, 6.07) is 10.0. The van der Waals surface area contributed by atoms with E-state index < -0.39 is 21.8 Å². The van der Waals surface area contributed by atoms with Gasteiger partial charge in [-0.05, 0) is 48.9 Å². The van der Waals surface area contributed by atoms with Crippen LogP contribution in [-0.2, 0) is 19.6 Å². The number of benzene rings is 2. The van der Waals surface area contributed by atoms with Crippen molar-refractivity contribution in [2.75, 3.05) is 10.6 Å². The first-order valence-electron chi connectivity index (χ1n) is 6.69. The zero-order chi connectivity index (χ0) is 17.9. The van der Waals surface area contributed by atoms with Gasteiger partial charge >= 0.3 is 11.8 Å². The molecular weight excluding hydrogens is 354 g/mol. The summed E-state index contributed by atoms with van der Waals surface area (Å²) >= 11 is 5.95. The van der Waals surface area contributed by atoms with Crippen LogP contribution in [-0.4, -0.2) is 20.2 Å². The van der Waals surface area contributed by atoms with Crippen molar-refractivity contribution < 1.29 is 18.0 Å². The fraction of sp³-hybridized carbons (Fsp3) is 0.0667. The molecule has 0 aliphatic heterocycles. The van der Waals surface area contributed by atoms with Gasteiger partial charge < -0.3 is 10.6 Å². The van der Waals surface area contributed by atoms with Gasteiger partial charge in [0.2, 0.25) is 10.0 Å². The van der Waals surface area contributed by atoms with E-state index in [-0.39, 0.29) is 10.6 Å². The van der Waals surface area contributed by atoms with E-state index in [0.29, 0.717) is 16.3 Å². The van der Waals surface area contributed by atoms with E-state index in [4.69, 9.17) is 16.7 Å². The molecule has 0 bridgehead atoms. The van der Waals surface area contributed by atoms with Gasteiger partial charge in [-0.1, -0.05) is 17.7 Å². The van der Waals surface area contributed by atoms with Crippen LogP contribution in [0.15, 0.2) is 47.4 Å². The van der Waals surface area contributed by atoms with Crippen LogP contribution >= 0.6 is 11.6 Å². The molecule has 0 unspecified atom stereocenters. The molecule has 2 amide bonds. The molecular formula is C15H14ClN3O4S. The average Bonchev–Trinajstić information content (AvgIpc) is 2.51. The number of anilines is 2. The molecule has 0 saturated heterocycles. The second-order valence-corrected chi connectivity index (χ2v) is 6.86. The van der Waals surface area contributed by atoms with Gasteiger partial charge in [-0.3, -0.25) is 9.59 Å². The number of hydrogen-bond acceptors (Lipinski definition) is 4. The number of halogens is 1. The van der Waals surface area contributed by atoms with Crippen LogP contribution in [0.4, 0.5) is 11.4 Å². The monoisotopic (exact) mass is 367 g/mol. The van der Waals surface area contributed by atoms with Crippen LogP contribution in [0.25, 0.3) is 0 Å². The summed E-state index contributed by atoms with van der Waals surface area (Å²) < 4.78 is 22.3. The maximum absolute atomic E-state index is 11.9. The SMILES string of the molecule is Cc1c(Cl)cccc1NC(=O)C(=O)Nc1ccc(S(N)(=O)=O)cc1. The molecule has 0 aliphatic carbocycles. The largest absolute Gasteiger partial charge is 0.318 e. The first kappa shape index (κ1) is 17.9. The number of sulfonamides is 1. The highest BCUT2D eigenvalue weighted by atomic mass is 35.5. The van der Waals surface area contributed by atoms with Gasteiger partial charge in [0, 0.05) is 16.4 Å². The topological polar surface area (TPSA) is 118 Å². The first-order chi connectivity index (χ1) is 11.2. The van der Waals surface area contributed by atoms with Gasteiger partial charge in [0.05, 0.1) is 4.90 Å². The summed E-state index contributed by atoms with van der Waals surface area (Å²) in [6.07, 6.45) is 0. The first-order valence-corrected chi connectivity index (χ1v) is 8.61. The predicted molar refractivity (Wildman–Crippen MR) is 91.3 cm³/mol. The van der Waals surface area contributed by atoms with Crippen LogP contribution in [0.1, 0.15) is 5.56 Å². The third kappa shape index (κ3) is 4.31. The standard InChI is InChI=1S/C15H14ClN3O4S/c1-9-12(16)3-2-4-13(9)19-15(21)14(20)18-10-5-7-11(8-6-10)24(17,22)23/h2-8H,1H3,(H,18,20)(H,19,21)(H2,17,22,23). The smallest absolute Gasteiger partial charge is 0.314 e. The lowest BCUT2D eigenvalue weighted by molar-refractivity contribution is -0.133. The maximum Gasteiger partial charge on any atom is 0.314 e. The van der Waals surface area contributed by atoms with Crippen LogP contribution < -0.4 is 15.8 Å². The van der Waals surface area contributed by atoms with Crippen molar-refractivity contribution >= 4 is 44.8 Å². The number of hydrogen-bond donors (Lipinski definition) is 3. The number of rotatable bonds is 3. The number of primary sulfonamides is 1. The molecule has 0 fully saturated rings. The fourth-order valence-electron chi connectivity index (χ4n) is 1.84. The molecule has 9 heteroatoms. The van der Waals surface area contributed by atoms with E-state index in [1.54, 1.807) is 25.1 Å². The summed E-state index contributed by atoms with van der Waals surface area (Å²) in [5.74, 6) is -1.78. The molecule has 2 aromatic rings. The van der Waals surface area contributed by atoms with Crippen LogP contribution in [0.2, 0.25) is 5.02 Å². The molecule has 0 aliphatic rings. The summed E-state index contributed by atoms with van der Waals surface area (Å²) in [5.41, 5.74) is 1.32.